The van der Waals surface area contributed by atoms with Gasteiger partial charge >= 0.3 is 0 Å². The number of likely N-dealkylation sites (N-methyl/N-ethyl adjacent to an activating group) is 1. The molecule has 2 aromatic rings. The number of amides is 1. The molecule has 160 valence electrons. The molecule has 9 heteroatoms. The summed E-state index contributed by atoms with van der Waals surface area (Å²) in [6, 6.07) is 10.3. The summed E-state index contributed by atoms with van der Waals surface area (Å²) >= 11 is 1.18. The van der Waals surface area contributed by atoms with Crippen molar-refractivity contribution in [1.29, 1.82) is 0 Å². The number of thiophene rings is 1. The minimum atomic E-state index is -3.57. The van der Waals surface area contributed by atoms with Crippen molar-refractivity contribution >= 4 is 33.0 Å². The van der Waals surface area contributed by atoms with E-state index >= 15 is 0 Å². The fraction of sp³-hybridized carbons (Fsp3) is 0.450. The van der Waals surface area contributed by atoms with Crippen LogP contribution in [-0.2, 0) is 14.8 Å². The smallest absolute Gasteiger partial charge is 0.273 e. The quantitative estimate of drug-likeness (QED) is 0.582. The van der Waals surface area contributed by atoms with E-state index in [9.17, 15) is 13.2 Å². The summed E-state index contributed by atoms with van der Waals surface area (Å²) in [7, 11) is -2.06. The summed E-state index contributed by atoms with van der Waals surface area (Å²) in [5, 5.41) is 4.57. The maximum absolute atomic E-state index is 12.6. The second-order valence-corrected chi connectivity index (χ2v) is 9.90. The first-order valence-electron chi connectivity index (χ1n) is 9.51. The van der Waals surface area contributed by atoms with Crippen LogP contribution in [0, 0.1) is 0 Å². The van der Waals surface area contributed by atoms with Gasteiger partial charge in [0.05, 0.1) is 5.69 Å². The van der Waals surface area contributed by atoms with Gasteiger partial charge in [0.1, 0.15) is 9.96 Å². The van der Waals surface area contributed by atoms with Crippen molar-refractivity contribution in [3.8, 4) is 5.75 Å². The Hall–Kier alpha value is -2.10. The van der Waals surface area contributed by atoms with E-state index in [2.05, 4.69) is 31.0 Å². The molecule has 1 aromatic carbocycles. The second-order valence-electron chi connectivity index (χ2n) is 6.76. The summed E-state index contributed by atoms with van der Waals surface area (Å²) in [4.78, 5) is 14.2. The Morgan fingerprint density at radius 1 is 1.21 bits per heavy atom. The van der Waals surface area contributed by atoms with E-state index in [-0.39, 0.29) is 16.7 Å². The van der Waals surface area contributed by atoms with Crippen molar-refractivity contribution in [2.75, 3.05) is 37.6 Å². The highest BCUT2D eigenvalue weighted by atomic mass is 32.2. The summed E-state index contributed by atoms with van der Waals surface area (Å²) in [6.07, 6.45) is 0. The lowest BCUT2D eigenvalue weighted by Gasteiger charge is -2.24. The SMILES string of the molecule is CCN(CCNC(=O)COc1ccc(N(C)S(=O)(=O)c2cccs2)cc1)C(C)C. The van der Waals surface area contributed by atoms with E-state index in [4.69, 9.17) is 4.74 Å². The third-order valence-corrected chi connectivity index (χ3v) is 7.70. The third kappa shape index (κ3) is 6.45. The van der Waals surface area contributed by atoms with Crippen molar-refractivity contribution in [2.24, 2.45) is 0 Å². The van der Waals surface area contributed by atoms with Crippen LogP contribution in [0.25, 0.3) is 0 Å². The standard InChI is InChI=1S/C20H29N3O4S2/c1-5-23(16(2)3)13-12-21-19(24)15-27-18-10-8-17(9-11-18)22(4)29(25,26)20-7-6-14-28-20/h6-11,14,16H,5,12-13,15H2,1-4H3,(H,21,24). The predicted octanol–water partition coefficient (Wildman–Crippen LogP) is 2.80. The first kappa shape index (κ1) is 23.2. The van der Waals surface area contributed by atoms with Crippen LogP contribution < -0.4 is 14.4 Å². The molecule has 0 spiro atoms. The summed E-state index contributed by atoms with van der Waals surface area (Å²) in [6.45, 7) is 8.56. The number of anilines is 1. The zero-order chi connectivity index (χ0) is 21.4. The fourth-order valence-electron chi connectivity index (χ4n) is 2.76. The van der Waals surface area contributed by atoms with Gasteiger partial charge in [-0.05, 0) is 56.1 Å². The van der Waals surface area contributed by atoms with Gasteiger partial charge in [-0.1, -0.05) is 13.0 Å². The van der Waals surface area contributed by atoms with Gasteiger partial charge in [-0.15, -0.1) is 11.3 Å². The van der Waals surface area contributed by atoms with E-state index in [0.717, 1.165) is 13.1 Å². The van der Waals surface area contributed by atoms with Crippen LogP contribution >= 0.6 is 11.3 Å². The van der Waals surface area contributed by atoms with Gasteiger partial charge in [-0.3, -0.25) is 14.0 Å². The molecule has 1 amide bonds. The van der Waals surface area contributed by atoms with Crippen LogP contribution in [0.3, 0.4) is 0 Å². The lowest BCUT2D eigenvalue weighted by atomic mass is 10.3. The lowest BCUT2D eigenvalue weighted by Crippen LogP contribution is -2.39. The molecule has 0 radical (unpaired) electrons. The van der Waals surface area contributed by atoms with Gasteiger partial charge in [0, 0.05) is 26.2 Å². The van der Waals surface area contributed by atoms with Crippen LogP contribution in [0.4, 0.5) is 5.69 Å². The highest BCUT2D eigenvalue weighted by Crippen LogP contribution is 2.26. The normalized spacial score (nSPS) is 11.7. The largest absolute Gasteiger partial charge is 0.484 e. The summed E-state index contributed by atoms with van der Waals surface area (Å²) in [5.74, 6) is 0.314. The van der Waals surface area contributed by atoms with E-state index in [1.54, 1.807) is 41.8 Å². The molecule has 0 aliphatic heterocycles. The number of carbonyl (C=O) groups excluding carboxylic acids is 1. The topological polar surface area (TPSA) is 79.0 Å². The zero-order valence-corrected chi connectivity index (χ0v) is 18.9. The molecule has 0 bridgehead atoms. The van der Waals surface area contributed by atoms with Crippen LogP contribution in [0.1, 0.15) is 20.8 Å². The molecule has 1 N–H and O–H groups in total. The number of nitrogens with zero attached hydrogens (tertiary/aromatic N) is 2. The van der Waals surface area contributed by atoms with Crippen molar-refractivity contribution in [3.05, 3.63) is 41.8 Å². The van der Waals surface area contributed by atoms with Gasteiger partial charge in [-0.2, -0.15) is 0 Å². The van der Waals surface area contributed by atoms with Crippen LogP contribution in [0.15, 0.2) is 46.0 Å². The summed E-state index contributed by atoms with van der Waals surface area (Å²) in [5.41, 5.74) is 0.517. The average Bonchev–Trinajstić information content (AvgIpc) is 3.25. The van der Waals surface area contributed by atoms with E-state index < -0.39 is 10.0 Å². The van der Waals surface area contributed by atoms with Crippen LogP contribution in [0.2, 0.25) is 0 Å². The Morgan fingerprint density at radius 2 is 1.90 bits per heavy atom. The van der Waals surface area contributed by atoms with Gasteiger partial charge < -0.3 is 10.1 Å². The highest BCUT2D eigenvalue weighted by molar-refractivity contribution is 7.94. The molecule has 2 rings (SSSR count). The molecule has 0 saturated heterocycles. The monoisotopic (exact) mass is 439 g/mol. The Bertz CT molecular complexity index is 866. The van der Waals surface area contributed by atoms with Gasteiger partial charge in [0.25, 0.3) is 15.9 Å². The number of benzene rings is 1. The molecule has 0 fully saturated rings. The molecular formula is C20H29N3O4S2. The lowest BCUT2D eigenvalue weighted by molar-refractivity contribution is -0.123. The van der Waals surface area contributed by atoms with Crippen molar-refractivity contribution in [2.45, 2.75) is 31.0 Å². The number of carbonyl (C=O) groups is 1. The van der Waals surface area contributed by atoms with E-state index in [1.807, 2.05) is 0 Å². The first-order chi connectivity index (χ1) is 13.8. The third-order valence-electron chi connectivity index (χ3n) is 4.54. The Balaban J connectivity index is 1.84. The highest BCUT2D eigenvalue weighted by Gasteiger charge is 2.22. The number of hydrogen-bond donors (Lipinski definition) is 1. The Labute approximate surface area is 177 Å². The molecular weight excluding hydrogens is 410 g/mol. The number of nitrogens with one attached hydrogen (secondary N) is 1. The predicted molar refractivity (Wildman–Crippen MR) is 117 cm³/mol. The minimum Gasteiger partial charge on any atom is -0.484 e. The molecule has 0 saturated carbocycles. The molecule has 1 heterocycles. The Kier molecular flexibility index (Phi) is 8.48. The molecule has 0 aliphatic carbocycles. The van der Waals surface area contributed by atoms with Crippen LogP contribution in [-0.4, -0.2) is 58.6 Å². The second kappa shape index (κ2) is 10.6. The number of rotatable bonds is 11. The molecule has 0 atom stereocenters. The van der Waals surface area contributed by atoms with E-state index in [0.29, 0.717) is 24.0 Å². The molecule has 1 aromatic heterocycles. The molecule has 0 unspecified atom stereocenters. The number of hydrogen-bond acceptors (Lipinski definition) is 6. The number of ether oxygens (including phenoxy) is 1. The maximum Gasteiger partial charge on any atom is 0.273 e. The maximum atomic E-state index is 12.6. The van der Waals surface area contributed by atoms with Crippen LogP contribution in [0.5, 0.6) is 5.75 Å². The zero-order valence-electron chi connectivity index (χ0n) is 17.3. The van der Waals surface area contributed by atoms with Crippen molar-refractivity contribution < 1.29 is 17.9 Å². The first-order valence-corrected chi connectivity index (χ1v) is 11.8. The molecule has 7 nitrogen and oxygen atoms in total. The minimum absolute atomic E-state index is 0.0868. The molecule has 0 aliphatic rings. The number of sulfonamides is 1. The summed E-state index contributed by atoms with van der Waals surface area (Å²) < 4.78 is 32.1. The molecule has 29 heavy (non-hydrogen) atoms. The van der Waals surface area contributed by atoms with Gasteiger partial charge in [0.2, 0.25) is 0 Å². The van der Waals surface area contributed by atoms with Crippen molar-refractivity contribution in [1.82, 2.24) is 10.2 Å². The van der Waals surface area contributed by atoms with Gasteiger partial charge in [-0.25, -0.2) is 8.42 Å². The fourth-order valence-corrected chi connectivity index (χ4v) is 5.11. The van der Waals surface area contributed by atoms with Crippen molar-refractivity contribution in [3.63, 3.8) is 0 Å². The van der Waals surface area contributed by atoms with E-state index in [1.165, 1.54) is 22.7 Å². The average molecular weight is 440 g/mol. The van der Waals surface area contributed by atoms with Gasteiger partial charge in [0.15, 0.2) is 6.61 Å². The Morgan fingerprint density at radius 3 is 2.45 bits per heavy atom.